The van der Waals surface area contributed by atoms with Crippen LogP contribution in [0.3, 0.4) is 0 Å². The molecule has 4 N–H and O–H groups in total. The molecule has 1 aliphatic rings. The molecule has 4 aromatic rings. The van der Waals surface area contributed by atoms with Crippen molar-refractivity contribution in [1.82, 2.24) is 30.0 Å². The van der Waals surface area contributed by atoms with Gasteiger partial charge in [0.05, 0.1) is 0 Å². The van der Waals surface area contributed by atoms with Gasteiger partial charge in [-0.2, -0.15) is 10.1 Å². The molecule has 0 aromatic carbocycles. The molecule has 4 heterocycles. The molecule has 1 fully saturated rings. The predicted molar refractivity (Wildman–Crippen MR) is 119 cm³/mol. The number of fused-ring (bicyclic) bond motifs is 1. The van der Waals surface area contributed by atoms with Gasteiger partial charge in [0, 0.05) is 42.9 Å². The summed E-state index contributed by atoms with van der Waals surface area (Å²) < 4.78 is 6.72. The van der Waals surface area contributed by atoms with Gasteiger partial charge in [-0.25, -0.2) is 4.52 Å². The fourth-order valence-corrected chi connectivity index (χ4v) is 3.47. The van der Waals surface area contributed by atoms with Gasteiger partial charge in [0.2, 0.25) is 11.9 Å². The van der Waals surface area contributed by atoms with Crippen LogP contribution in [-0.4, -0.2) is 42.4 Å². The lowest BCUT2D eigenvalue weighted by molar-refractivity contribution is -0.116. The molecule has 11 nitrogen and oxygen atoms in total. The van der Waals surface area contributed by atoms with Gasteiger partial charge in [-0.15, -0.1) is 5.10 Å². The third kappa shape index (κ3) is 4.71. The van der Waals surface area contributed by atoms with Crippen molar-refractivity contribution in [2.24, 2.45) is 0 Å². The van der Waals surface area contributed by atoms with Crippen LogP contribution < -0.4 is 16.0 Å². The monoisotopic (exact) mass is 435 g/mol. The van der Waals surface area contributed by atoms with E-state index in [9.17, 15) is 4.79 Å². The summed E-state index contributed by atoms with van der Waals surface area (Å²) in [7, 11) is 0. The second kappa shape index (κ2) is 8.69. The van der Waals surface area contributed by atoms with Crippen molar-refractivity contribution in [1.29, 1.82) is 0 Å². The molecule has 0 saturated heterocycles. The highest BCUT2D eigenvalue weighted by molar-refractivity contribution is 5.89. The first-order valence-corrected chi connectivity index (χ1v) is 10.8. The molecule has 5 rings (SSSR count). The molecule has 32 heavy (non-hydrogen) atoms. The highest BCUT2D eigenvalue weighted by atomic mass is 16.5. The van der Waals surface area contributed by atoms with Crippen LogP contribution in [-0.2, 0) is 4.79 Å². The van der Waals surface area contributed by atoms with Crippen LogP contribution >= 0.6 is 0 Å². The summed E-state index contributed by atoms with van der Waals surface area (Å²) >= 11 is 0. The molecular formula is C21H25N9O2. The number of hydrogen-bond acceptors (Lipinski definition) is 8. The second-order valence-corrected chi connectivity index (χ2v) is 7.98. The number of aromatic amines is 1. The van der Waals surface area contributed by atoms with Crippen molar-refractivity contribution >= 4 is 34.8 Å². The van der Waals surface area contributed by atoms with E-state index in [1.54, 1.807) is 17.5 Å². The molecule has 0 spiro atoms. The number of aromatic nitrogens is 6. The number of carbonyl (C=O) groups excluding carboxylic acids is 1. The van der Waals surface area contributed by atoms with Gasteiger partial charge in [-0.1, -0.05) is 5.16 Å². The maximum absolute atomic E-state index is 12.0. The van der Waals surface area contributed by atoms with E-state index >= 15 is 0 Å². The molecule has 0 aliphatic heterocycles. The van der Waals surface area contributed by atoms with Gasteiger partial charge in [0.1, 0.15) is 11.3 Å². The summed E-state index contributed by atoms with van der Waals surface area (Å²) in [5, 5.41) is 25.0. The average molecular weight is 435 g/mol. The summed E-state index contributed by atoms with van der Waals surface area (Å²) in [4.78, 5) is 16.6. The highest BCUT2D eigenvalue weighted by Gasteiger charge is 2.25. The van der Waals surface area contributed by atoms with Crippen molar-refractivity contribution in [3.63, 3.8) is 0 Å². The number of amides is 1. The summed E-state index contributed by atoms with van der Waals surface area (Å²) in [5.74, 6) is 3.57. The first-order chi connectivity index (χ1) is 15.6. The molecule has 166 valence electrons. The number of H-pyrrole nitrogens is 1. The third-order valence-corrected chi connectivity index (χ3v) is 5.26. The smallest absolute Gasteiger partial charge is 0.243 e. The zero-order valence-electron chi connectivity index (χ0n) is 17.8. The molecule has 1 saturated carbocycles. The Kier molecular flexibility index (Phi) is 5.44. The number of rotatable bonds is 10. The Hall–Kier alpha value is -3.89. The molecule has 1 aliphatic carbocycles. The Labute approximate surface area is 184 Å². The zero-order chi connectivity index (χ0) is 21.9. The summed E-state index contributed by atoms with van der Waals surface area (Å²) in [6, 6.07) is 7.61. The van der Waals surface area contributed by atoms with Gasteiger partial charge in [0.25, 0.3) is 0 Å². The molecule has 1 amide bonds. The molecule has 4 aromatic heterocycles. The number of unbranched alkanes of at least 4 members (excludes halogenated alkanes) is 1. The van der Waals surface area contributed by atoms with Gasteiger partial charge in [-0.05, 0) is 44.7 Å². The largest absolute Gasteiger partial charge is 0.360 e. The first-order valence-electron chi connectivity index (χ1n) is 10.8. The lowest BCUT2D eigenvalue weighted by Gasteiger charge is -2.09. The van der Waals surface area contributed by atoms with Crippen LogP contribution in [0.15, 0.2) is 35.0 Å². The molecule has 0 unspecified atom stereocenters. The van der Waals surface area contributed by atoms with Crippen molar-refractivity contribution in [3.8, 4) is 0 Å². The Morgan fingerprint density at radius 2 is 2.19 bits per heavy atom. The Bertz CT molecular complexity index is 1220. The van der Waals surface area contributed by atoms with Gasteiger partial charge in [0.15, 0.2) is 17.5 Å². The molecule has 0 radical (unpaired) electrons. The Morgan fingerprint density at radius 1 is 1.28 bits per heavy atom. The topological polar surface area (TPSA) is 138 Å². The van der Waals surface area contributed by atoms with E-state index in [2.05, 4.69) is 41.4 Å². The maximum Gasteiger partial charge on any atom is 0.243 e. The van der Waals surface area contributed by atoms with E-state index in [0.29, 0.717) is 42.2 Å². The third-order valence-electron chi connectivity index (χ3n) is 5.26. The van der Waals surface area contributed by atoms with Crippen LogP contribution in [0.4, 0.5) is 23.4 Å². The minimum absolute atomic E-state index is 0.0839. The summed E-state index contributed by atoms with van der Waals surface area (Å²) in [5.41, 5.74) is 2.03. The highest BCUT2D eigenvalue weighted by Crippen LogP contribution is 2.39. The second-order valence-electron chi connectivity index (χ2n) is 7.98. The van der Waals surface area contributed by atoms with Crippen molar-refractivity contribution in [2.75, 3.05) is 22.5 Å². The fourth-order valence-electron chi connectivity index (χ4n) is 3.47. The Morgan fingerprint density at radius 3 is 3.00 bits per heavy atom. The van der Waals surface area contributed by atoms with Crippen LogP contribution in [0.1, 0.15) is 49.5 Å². The van der Waals surface area contributed by atoms with E-state index in [4.69, 9.17) is 4.52 Å². The number of anilines is 4. The maximum atomic E-state index is 12.0. The summed E-state index contributed by atoms with van der Waals surface area (Å²) in [6.07, 6.45) is 6.24. The summed E-state index contributed by atoms with van der Waals surface area (Å²) in [6.45, 7) is 2.43. The minimum atomic E-state index is -0.0839. The number of nitrogens with one attached hydrogen (secondary N) is 4. The molecule has 0 atom stereocenters. The molecular weight excluding hydrogens is 410 g/mol. The lowest BCUT2D eigenvalue weighted by Crippen LogP contribution is -2.13. The SMILES string of the molecule is Cc1cc(NC(=O)CCCCNc2nc(Nc3cc(C4CC4)[nH]n3)c3cccn3n2)no1. The minimum Gasteiger partial charge on any atom is -0.360 e. The zero-order valence-corrected chi connectivity index (χ0v) is 17.8. The standard InChI is InChI=1S/C21H25N9O2/c1-13-11-18(29-32-13)23-19(31)6-2-3-9-22-21-25-20(16-5-4-10-30(16)28-21)24-17-12-15(26-27-17)14-7-8-14/h4-5,10-12,14H,2-3,6-9H2,1H3,(H,23,29,31)(H3,22,24,25,26,27,28). The molecule has 0 bridgehead atoms. The first kappa shape index (κ1) is 20.0. The normalized spacial score (nSPS) is 13.4. The van der Waals surface area contributed by atoms with E-state index < -0.39 is 0 Å². The van der Waals surface area contributed by atoms with E-state index in [0.717, 1.165) is 29.9 Å². The fraction of sp³-hybridized carbons (Fsp3) is 0.381. The van der Waals surface area contributed by atoms with E-state index in [1.807, 2.05) is 24.4 Å². The van der Waals surface area contributed by atoms with Crippen molar-refractivity contribution in [3.05, 3.63) is 41.9 Å². The predicted octanol–water partition coefficient (Wildman–Crippen LogP) is 3.59. The molecule has 11 heteroatoms. The van der Waals surface area contributed by atoms with Crippen LogP contribution in [0, 0.1) is 6.92 Å². The van der Waals surface area contributed by atoms with Gasteiger partial charge < -0.3 is 20.5 Å². The van der Waals surface area contributed by atoms with E-state index in [-0.39, 0.29) is 5.91 Å². The van der Waals surface area contributed by atoms with Gasteiger partial charge in [-0.3, -0.25) is 9.89 Å². The van der Waals surface area contributed by atoms with Crippen LogP contribution in [0.5, 0.6) is 0 Å². The lowest BCUT2D eigenvalue weighted by atomic mass is 10.2. The Balaban J connectivity index is 1.14. The van der Waals surface area contributed by atoms with Crippen LogP contribution in [0.2, 0.25) is 0 Å². The number of nitrogens with zero attached hydrogens (tertiary/aromatic N) is 5. The van der Waals surface area contributed by atoms with Crippen LogP contribution in [0.25, 0.3) is 5.52 Å². The average Bonchev–Trinajstić information content (AvgIpc) is 3.13. The number of aryl methyl sites for hydroxylation is 1. The van der Waals surface area contributed by atoms with Gasteiger partial charge >= 0.3 is 0 Å². The number of hydrogen-bond donors (Lipinski definition) is 4. The van der Waals surface area contributed by atoms with E-state index in [1.165, 1.54) is 12.8 Å². The van der Waals surface area contributed by atoms with Crippen molar-refractivity contribution in [2.45, 2.75) is 44.9 Å². The number of carbonyl (C=O) groups is 1. The van der Waals surface area contributed by atoms with Crippen molar-refractivity contribution < 1.29 is 9.32 Å². The quantitative estimate of drug-likeness (QED) is 0.277.